The van der Waals surface area contributed by atoms with Crippen molar-refractivity contribution in [3.05, 3.63) is 11.6 Å². The van der Waals surface area contributed by atoms with Crippen molar-refractivity contribution in [3.63, 3.8) is 0 Å². The monoisotopic (exact) mass is 288 g/mol. The number of hydrogen-bond donors (Lipinski definition) is 2. The summed E-state index contributed by atoms with van der Waals surface area (Å²) in [6, 6.07) is 0. The van der Waals surface area contributed by atoms with Crippen LogP contribution < -0.4 is 0 Å². The highest BCUT2D eigenvalue weighted by atomic mass is 16.3. The fourth-order valence-corrected chi connectivity index (χ4v) is 4.66. The molecule has 0 aromatic carbocycles. The minimum atomic E-state index is -0.895. The van der Waals surface area contributed by atoms with Crippen LogP contribution in [0.5, 0.6) is 0 Å². The van der Waals surface area contributed by atoms with Crippen LogP contribution in [-0.4, -0.2) is 21.9 Å². The molecule has 2 heteroatoms. The van der Waals surface area contributed by atoms with Crippen LogP contribution in [0.15, 0.2) is 11.6 Å². The molecule has 0 saturated heterocycles. The molecule has 2 N–H and O–H groups in total. The third-order valence-corrected chi connectivity index (χ3v) is 5.92. The summed E-state index contributed by atoms with van der Waals surface area (Å²) in [4.78, 5) is 0. The fraction of sp³-hybridized carbons (Fsp3) is 0.789. The van der Waals surface area contributed by atoms with Crippen molar-refractivity contribution in [2.24, 2.45) is 16.7 Å². The molecule has 3 aliphatic carbocycles. The van der Waals surface area contributed by atoms with Crippen molar-refractivity contribution in [1.29, 1.82) is 0 Å². The first-order valence-electron chi connectivity index (χ1n) is 8.39. The molecule has 0 spiro atoms. The van der Waals surface area contributed by atoms with Crippen LogP contribution in [0.4, 0.5) is 0 Å². The van der Waals surface area contributed by atoms with E-state index in [1.54, 1.807) is 19.4 Å². The van der Waals surface area contributed by atoms with Crippen LogP contribution in [0.25, 0.3) is 0 Å². The number of aliphatic hydroxyl groups excluding tert-OH is 1. The Kier molecular flexibility index (Phi) is 3.50. The molecule has 0 radical (unpaired) electrons. The van der Waals surface area contributed by atoms with E-state index in [9.17, 15) is 10.2 Å². The molecule has 0 aromatic heterocycles. The number of fused-ring (bicyclic) bond motifs is 1. The quantitative estimate of drug-likeness (QED) is 0.604. The maximum Gasteiger partial charge on any atom is 0.119 e. The van der Waals surface area contributed by atoms with Crippen LogP contribution in [0, 0.1) is 28.6 Å². The smallest absolute Gasteiger partial charge is 0.119 e. The van der Waals surface area contributed by atoms with Gasteiger partial charge in [-0.05, 0) is 63.7 Å². The van der Waals surface area contributed by atoms with E-state index in [4.69, 9.17) is 0 Å². The summed E-state index contributed by atoms with van der Waals surface area (Å²) < 4.78 is 0. The molecule has 21 heavy (non-hydrogen) atoms. The summed E-state index contributed by atoms with van der Waals surface area (Å²) in [6.07, 6.45) is 9.93. The normalized spacial score (nSPS) is 37.3. The Labute approximate surface area is 128 Å². The van der Waals surface area contributed by atoms with Gasteiger partial charge in [0, 0.05) is 11.8 Å². The molecular weight excluding hydrogens is 260 g/mol. The minimum absolute atomic E-state index is 0.129. The second kappa shape index (κ2) is 4.86. The van der Waals surface area contributed by atoms with Crippen molar-refractivity contribution in [1.82, 2.24) is 0 Å². The molecule has 2 nitrogen and oxygen atoms in total. The zero-order valence-electron chi connectivity index (χ0n) is 13.6. The molecule has 2 saturated carbocycles. The summed E-state index contributed by atoms with van der Waals surface area (Å²) in [5.74, 6) is 6.61. The van der Waals surface area contributed by atoms with Crippen LogP contribution >= 0.6 is 0 Å². The van der Waals surface area contributed by atoms with Gasteiger partial charge in [-0.15, -0.1) is 0 Å². The fourth-order valence-electron chi connectivity index (χ4n) is 4.66. The largest absolute Gasteiger partial charge is 0.393 e. The van der Waals surface area contributed by atoms with Crippen molar-refractivity contribution >= 4 is 0 Å². The number of rotatable bonds is 2. The van der Waals surface area contributed by atoms with Crippen molar-refractivity contribution in [3.8, 4) is 11.8 Å². The first-order chi connectivity index (χ1) is 9.77. The van der Waals surface area contributed by atoms with E-state index < -0.39 is 5.60 Å². The summed E-state index contributed by atoms with van der Waals surface area (Å²) in [5, 5.41) is 20.1. The molecule has 0 bridgehead atoms. The SMILES string of the molecule is CC(C)(O)C#CCC1(C2=CCC3C(O)CCCC23C)CC1. The molecule has 3 aliphatic rings. The maximum atomic E-state index is 10.3. The molecule has 3 atom stereocenters. The van der Waals surface area contributed by atoms with E-state index in [0.29, 0.717) is 5.92 Å². The van der Waals surface area contributed by atoms with Crippen LogP contribution in [-0.2, 0) is 0 Å². The first-order valence-corrected chi connectivity index (χ1v) is 8.39. The maximum absolute atomic E-state index is 10.3. The van der Waals surface area contributed by atoms with Crippen LogP contribution in [0.2, 0.25) is 0 Å². The van der Waals surface area contributed by atoms with Crippen molar-refractivity contribution in [2.75, 3.05) is 0 Å². The number of allylic oxidation sites excluding steroid dienone is 2. The predicted octanol–water partition coefficient (Wildman–Crippen LogP) is 3.43. The zero-order chi connectivity index (χ0) is 15.3. The van der Waals surface area contributed by atoms with Gasteiger partial charge in [0.2, 0.25) is 0 Å². The van der Waals surface area contributed by atoms with Gasteiger partial charge in [-0.1, -0.05) is 30.4 Å². The summed E-state index contributed by atoms with van der Waals surface area (Å²) >= 11 is 0. The highest BCUT2D eigenvalue weighted by Gasteiger charge is 2.57. The lowest BCUT2D eigenvalue weighted by atomic mass is 9.62. The Hall–Kier alpha value is -0.780. The topological polar surface area (TPSA) is 40.5 Å². The van der Waals surface area contributed by atoms with E-state index in [2.05, 4.69) is 24.8 Å². The third kappa shape index (κ3) is 2.67. The van der Waals surface area contributed by atoms with Gasteiger partial charge in [-0.3, -0.25) is 0 Å². The van der Waals surface area contributed by atoms with E-state index in [0.717, 1.165) is 25.7 Å². The zero-order valence-corrected chi connectivity index (χ0v) is 13.6. The predicted molar refractivity (Wildman–Crippen MR) is 84.5 cm³/mol. The summed E-state index contributed by atoms with van der Waals surface area (Å²) in [5.41, 5.74) is 1.11. The van der Waals surface area contributed by atoms with E-state index in [1.165, 1.54) is 19.3 Å². The van der Waals surface area contributed by atoms with E-state index in [-0.39, 0.29) is 16.9 Å². The lowest BCUT2D eigenvalue weighted by Gasteiger charge is -2.44. The van der Waals surface area contributed by atoms with Gasteiger partial charge in [-0.25, -0.2) is 0 Å². The lowest BCUT2D eigenvalue weighted by Crippen LogP contribution is -2.40. The Balaban J connectivity index is 1.79. The van der Waals surface area contributed by atoms with Gasteiger partial charge in [-0.2, -0.15) is 0 Å². The minimum Gasteiger partial charge on any atom is -0.393 e. The van der Waals surface area contributed by atoms with Gasteiger partial charge in [0.25, 0.3) is 0 Å². The van der Waals surface area contributed by atoms with E-state index >= 15 is 0 Å². The molecule has 0 heterocycles. The summed E-state index contributed by atoms with van der Waals surface area (Å²) in [6.45, 7) is 5.84. The van der Waals surface area contributed by atoms with Crippen LogP contribution in [0.3, 0.4) is 0 Å². The first kappa shape index (κ1) is 15.1. The lowest BCUT2D eigenvalue weighted by molar-refractivity contribution is 0.00690. The van der Waals surface area contributed by atoms with E-state index in [1.807, 2.05) is 0 Å². The molecule has 2 fully saturated rings. The van der Waals surface area contributed by atoms with Gasteiger partial charge >= 0.3 is 0 Å². The average molecular weight is 288 g/mol. The van der Waals surface area contributed by atoms with Crippen molar-refractivity contribution < 1.29 is 10.2 Å². The second-order valence-electron chi connectivity index (χ2n) is 8.15. The van der Waals surface area contributed by atoms with Gasteiger partial charge in [0.05, 0.1) is 6.10 Å². The van der Waals surface area contributed by atoms with Crippen molar-refractivity contribution in [2.45, 2.75) is 77.4 Å². The molecule has 0 amide bonds. The molecule has 0 aromatic rings. The summed E-state index contributed by atoms with van der Waals surface area (Å²) in [7, 11) is 0. The van der Waals surface area contributed by atoms with Gasteiger partial charge in [0.15, 0.2) is 0 Å². The molecule has 116 valence electrons. The Morgan fingerprint density at radius 1 is 1.33 bits per heavy atom. The highest BCUT2D eigenvalue weighted by molar-refractivity contribution is 5.36. The average Bonchev–Trinajstić information content (AvgIpc) is 3.03. The number of hydrogen-bond acceptors (Lipinski definition) is 2. The number of aliphatic hydroxyl groups is 2. The molecule has 3 unspecified atom stereocenters. The Morgan fingerprint density at radius 3 is 2.67 bits per heavy atom. The second-order valence-corrected chi connectivity index (χ2v) is 8.15. The Morgan fingerprint density at radius 2 is 2.05 bits per heavy atom. The Bertz CT molecular complexity index is 510. The van der Waals surface area contributed by atoms with Gasteiger partial charge < -0.3 is 10.2 Å². The molecule has 3 rings (SSSR count). The standard InChI is InChI=1S/C19H28O2/c1-17(2,21)9-5-11-19(12-13-19)16-8-7-14-15(20)6-4-10-18(14,16)3/h8,14-15,20-21H,4,6-7,10-13H2,1-3H3. The van der Waals surface area contributed by atoms with Gasteiger partial charge in [0.1, 0.15) is 5.60 Å². The molecular formula is C19H28O2. The van der Waals surface area contributed by atoms with Crippen LogP contribution in [0.1, 0.15) is 65.7 Å². The highest BCUT2D eigenvalue weighted by Crippen LogP contribution is 2.66. The molecule has 0 aliphatic heterocycles. The third-order valence-electron chi connectivity index (χ3n) is 5.92.